The normalized spacial score (nSPS) is 10.7. The first-order valence-electron chi connectivity index (χ1n) is 3.91. The van der Waals surface area contributed by atoms with E-state index in [0.717, 1.165) is 0 Å². The van der Waals surface area contributed by atoms with Gasteiger partial charge in [-0.15, -0.1) is 11.3 Å². The Morgan fingerprint density at radius 3 is 3.21 bits per heavy atom. The van der Waals surface area contributed by atoms with Gasteiger partial charge in [0.05, 0.1) is 7.11 Å². The van der Waals surface area contributed by atoms with Crippen LogP contribution in [-0.4, -0.2) is 27.6 Å². The monoisotopic (exact) mass is 212 g/mol. The zero-order valence-corrected chi connectivity index (χ0v) is 8.24. The van der Waals surface area contributed by atoms with Crippen molar-refractivity contribution in [3.8, 4) is 0 Å². The van der Waals surface area contributed by atoms with Crippen molar-refractivity contribution in [1.82, 2.24) is 9.38 Å². The molecule has 0 aromatic carbocycles. The number of rotatable bonds is 2. The fourth-order valence-electron chi connectivity index (χ4n) is 1.23. The lowest BCUT2D eigenvalue weighted by Crippen LogP contribution is -2.01. The maximum Gasteiger partial charge on any atom is 0.359 e. The first-order valence-corrected chi connectivity index (χ1v) is 4.79. The lowest BCUT2D eigenvalue weighted by atomic mass is 10.5. The molecule has 0 aliphatic rings. The molecular weight excluding hydrogens is 204 g/mol. The molecule has 0 bridgehead atoms. The van der Waals surface area contributed by atoms with Crippen LogP contribution < -0.4 is 0 Å². The summed E-state index contributed by atoms with van der Waals surface area (Å²) >= 11 is 1.38. The highest BCUT2D eigenvalue weighted by atomic mass is 32.1. The molecule has 2 heterocycles. The van der Waals surface area contributed by atoms with E-state index < -0.39 is 5.97 Å². The maximum absolute atomic E-state index is 11.3. The van der Waals surface area contributed by atoms with Crippen molar-refractivity contribution in [3.63, 3.8) is 0 Å². The van der Waals surface area contributed by atoms with Crippen LogP contribution in [0.5, 0.6) is 0 Å². The maximum atomic E-state index is 11.3. The Labute approximate surface area is 83.6 Å². The summed E-state index contributed by atoms with van der Waals surface area (Å²) < 4.78 is 6.26. The van der Waals surface area contributed by atoms with Gasteiger partial charge in [0.2, 0.25) is 0 Å². The molecule has 0 radical (unpaired) electrons. The molecule has 0 atom stereocenters. The number of aromatic nitrogens is 2. The molecule has 0 spiro atoms. The van der Waals surface area contributed by atoms with Crippen molar-refractivity contribution in [2.24, 2.45) is 0 Å². The molecule has 1 N–H and O–H groups in total. The molecule has 0 amide bonds. The summed E-state index contributed by atoms with van der Waals surface area (Å²) in [5, 5.41) is 10.8. The van der Waals surface area contributed by atoms with Crippen LogP contribution in [-0.2, 0) is 11.3 Å². The van der Waals surface area contributed by atoms with Gasteiger partial charge in [0.1, 0.15) is 17.3 Å². The number of imidazole rings is 1. The Bertz CT molecular complexity index is 474. The van der Waals surface area contributed by atoms with Crippen molar-refractivity contribution in [3.05, 3.63) is 23.1 Å². The van der Waals surface area contributed by atoms with Crippen LogP contribution in [0.3, 0.4) is 0 Å². The van der Waals surface area contributed by atoms with Crippen LogP contribution in [0, 0.1) is 0 Å². The highest BCUT2D eigenvalue weighted by molar-refractivity contribution is 7.15. The SMILES string of the molecule is COC(=O)c1nc(CO)n2ccsc12. The molecule has 2 aromatic rings. The number of methoxy groups -OCH3 is 1. The average molecular weight is 212 g/mol. The molecule has 0 fully saturated rings. The third kappa shape index (κ3) is 1.19. The Balaban J connectivity index is 2.64. The highest BCUT2D eigenvalue weighted by Gasteiger charge is 2.18. The number of aliphatic hydroxyl groups excluding tert-OH is 1. The van der Waals surface area contributed by atoms with Crippen molar-refractivity contribution in [2.75, 3.05) is 7.11 Å². The van der Waals surface area contributed by atoms with Crippen LogP contribution in [0.2, 0.25) is 0 Å². The molecule has 5 nitrogen and oxygen atoms in total. The topological polar surface area (TPSA) is 63.8 Å². The predicted molar refractivity (Wildman–Crippen MR) is 50.3 cm³/mol. The number of carbonyl (C=O) groups is 1. The fraction of sp³-hybridized carbons (Fsp3) is 0.250. The summed E-state index contributed by atoms with van der Waals surface area (Å²) in [6, 6.07) is 0. The van der Waals surface area contributed by atoms with Gasteiger partial charge in [-0.25, -0.2) is 9.78 Å². The molecule has 2 rings (SSSR count). The standard InChI is InChI=1S/C8H8N2O3S/c1-13-8(12)6-7-10(2-3-14-7)5(4-11)9-6/h2-3,11H,4H2,1H3. The number of hydrogen-bond acceptors (Lipinski definition) is 5. The van der Waals surface area contributed by atoms with Crippen LogP contribution in [0.15, 0.2) is 11.6 Å². The van der Waals surface area contributed by atoms with Gasteiger partial charge in [0, 0.05) is 11.6 Å². The summed E-state index contributed by atoms with van der Waals surface area (Å²) in [5.41, 5.74) is 0.256. The van der Waals surface area contributed by atoms with Gasteiger partial charge >= 0.3 is 5.97 Å². The van der Waals surface area contributed by atoms with Crippen LogP contribution >= 0.6 is 11.3 Å². The minimum atomic E-state index is -0.482. The van der Waals surface area contributed by atoms with E-state index in [-0.39, 0.29) is 12.3 Å². The van der Waals surface area contributed by atoms with Crippen LogP contribution in [0.4, 0.5) is 0 Å². The van der Waals surface area contributed by atoms with E-state index in [1.54, 1.807) is 10.6 Å². The van der Waals surface area contributed by atoms with Crippen LogP contribution in [0.1, 0.15) is 16.3 Å². The number of esters is 1. The van der Waals surface area contributed by atoms with E-state index in [0.29, 0.717) is 10.7 Å². The van der Waals surface area contributed by atoms with Gasteiger partial charge in [-0.3, -0.25) is 4.40 Å². The largest absolute Gasteiger partial charge is 0.464 e. The van der Waals surface area contributed by atoms with Gasteiger partial charge in [0.15, 0.2) is 5.69 Å². The number of aliphatic hydroxyl groups is 1. The van der Waals surface area contributed by atoms with Gasteiger partial charge in [-0.05, 0) is 0 Å². The zero-order chi connectivity index (χ0) is 10.1. The van der Waals surface area contributed by atoms with Gasteiger partial charge in [-0.2, -0.15) is 0 Å². The molecule has 0 saturated carbocycles. The van der Waals surface area contributed by atoms with Gasteiger partial charge < -0.3 is 9.84 Å². The molecule has 0 saturated heterocycles. The van der Waals surface area contributed by atoms with E-state index in [9.17, 15) is 4.79 Å². The molecule has 6 heteroatoms. The summed E-state index contributed by atoms with van der Waals surface area (Å²) in [5.74, 6) is -0.0358. The average Bonchev–Trinajstić information content (AvgIpc) is 2.76. The second kappa shape index (κ2) is 3.39. The van der Waals surface area contributed by atoms with Crippen molar-refractivity contribution < 1.29 is 14.6 Å². The van der Waals surface area contributed by atoms with Gasteiger partial charge in [0.25, 0.3) is 0 Å². The molecule has 0 unspecified atom stereocenters. The highest BCUT2D eigenvalue weighted by Crippen LogP contribution is 2.19. The van der Waals surface area contributed by atoms with E-state index in [2.05, 4.69) is 9.72 Å². The number of fused-ring (bicyclic) bond motifs is 1. The Kier molecular flexibility index (Phi) is 2.22. The Morgan fingerprint density at radius 2 is 2.57 bits per heavy atom. The smallest absolute Gasteiger partial charge is 0.359 e. The second-order valence-electron chi connectivity index (χ2n) is 2.60. The molecule has 14 heavy (non-hydrogen) atoms. The van der Waals surface area contributed by atoms with E-state index in [1.165, 1.54) is 18.4 Å². The van der Waals surface area contributed by atoms with Crippen molar-refractivity contribution >= 4 is 22.1 Å². The fourth-order valence-corrected chi connectivity index (χ4v) is 2.06. The lowest BCUT2D eigenvalue weighted by molar-refractivity contribution is 0.0597. The summed E-state index contributed by atoms with van der Waals surface area (Å²) in [6.45, 7) is -0.200. The number of ether oxygens (including phenoxy) is 1. The quantitative estimate of drug-likeness (QED) is 0.743. The summed E-state index contributed by atoms with van der Waals surface area (Å²) in [4.78, 5) is 16.0. The number of carbonyl (C=O) groups excluding carboxylic acids is 1. The van der Waals surface area contributed by atoms with E-state index in [4.69, 9.17) is 5.11 Å². The third-order valence-corrected chi connectivity index (χ3v) is 2.72. The molecule has 74 valence electrons. The Morgan fingerprint density at radius 1 is 1.79 bits per heavy atom. The molecule has 0 aliphatic heterocycles. The first-order chi connectivity index (χ1) is 6.77. The van der Waals surface area contributed by atoms with Crippen molar-refractivity contribution in [2.45, 2.75) is 6.61 Å². The minimum absolute atomic E-state index is 0.200. The van der Waals surface area contributed by atoms with Crippen molar-refractivity contribution in [1.29, 1.82) is 0 Å². The molecular formula is C8H8N2O3S. The van der Waals surface area contributed by atoms with E-state index >= 15 is 0 Å². The van der Waals surface area contributed by atoms with Crippen LogP contribution in [0.25, 0.3) is 4.83 Å². The molecule has 2 aromatic heterocycles. The molecule has 0 aliphatic carbocycles. The van der Waals surface area contributed by atoms with E-state index in [1.807, 2.05) is 5.38 Å². The number of nitrogens with zero attached hydrogens (tertiary/aromatic N) is 2. The first kappa shape index (κ1) is 9.17. The minimum Gasteiger partial charge on any atom is -0.464 e. The summed E-state index contributed by atoms with van der Waals surface area (Å²) in [6.07, 6.45) is 1.75. The Hall–Kier alpha value is -1.40. The number of hydrogen-bond donors (Lipinski definition) is 1. The second-order valence-corrected chi connectivity index (χ2v) is 3.50. The third-order valence-electron chi connectivity index (χ3n) is 1.85. The zero-order valence-electron chi connectivity index (χ0n) is 7.43. The number of thiazole rings is 1. The lowest BCUT2D eigenvalue weighted by Gasteiger charge is -1.91. The van der Waals surface area contributed by atoms with Gasteiger partial charge in [-0.1, -0.05) is 0 Å². The summed E-state index contributed by atoms with van der Waals surface area (Å²) in [7, 11) is 1.31. The predicted octanol–water partition coefficient (Wildman–Crippen LogP) is 0.675.